The van der Waals surface area contributed by atoms with Crippen LogP contribution >= 0.6 is 0 Å². The zero-order valence-electron chi connectivity index (χ0n) is 11.5. The molecule has 0 saturated carbocycles. The molecule has 2 unspecified atom stereocenters. The molecule has 100 valence electrons. The van der Waals surface area contributed by atoms with Crippen LogP contribution in [0.1, 0.15) is 65.2 Å². The van der Waals surface area contributed by atoms with Crippen LogP contribution in [0.5, 0.6) is 0 Å². The van der Waals surface area contributed by atoms with Gasteiger partial charge in [0.2, 0.25) is 0 Å². The number of unbranched alkanes of at least 4 members (excludes halogenated alkanes) is 5. The monoisotopic (exact) mass is 240 g/mol. The number of allylic oxidation sites excluding steroid dienone is 1. The Labute approximate surface area is 106 Å². The molecule has 0 aliphatic carbocycles. The number of hydrogen-bond acceptors (Lipinski definition) is 1. The smallest absolute Gasteiger partial charge is 0.307 e. The topological polar surface area (TPSA) is 37.3 Å². The minimum absolute atomic E-state index is 0.142. The van der Waals surface area contributed by atoms with Crippen molar-refractivity contribution in [3.8, 4) is 0 Å². The molecule has 0 aliphatic heterocycles. The molecule has 0 aromatic carbocycles. The molecule has 0 aromatic rings. The largest absolute Gasteiger partial charge is 0.481 e. The number of carbonyl (C=O) groups is 1. The van der Waals surface area contributed by atoms with Gasteiger partial charge in [-0.25, -0.2) is 0 Å². The Balaban J connectivity index is 3.81. The SMILES string of the molecule is C=CC(CCCCCCCC)C(CC)C(=O)O. The predicted octanol–water partition coefficient (Wildman–Crippen LogP) is 4.65. The number of rotatable bonds is 11. The summed E-state index contributed by atoms with van der Waals surface area (Å²) in [5.41, 5.74) is 0. The van der Waals surface area contributed by atoms with Gasteiger partial charge >= 0.3 is 5.97 Å². The van der Waals surface area contributed by atoms with E-state index in [9.17, 15) is 4.79 Å². The number of hydrogen-bond donors (Lipinski definition) is 1. The van der Waals surface area contributed by atoms with Crippen LogP contribution in [0, 0.1) is 11.8 Å². The van der Waals surface area contributed by atoms with E-state index < -0.39 is 5.97 Å². The lowest BCUT2D eigenvalue weighted by Crippen LogP contribution is -2.21. The van der Waals surface area contributed by atoms with E-state index in [4.69, 9.17) is 5.11 Å². The van der Waals surface area contributed by atoms with Crippen molar-refractivity contribution in [3.05, 3.63) is 12.7 Å². The molecule has 1 N–H and O–H groups in total. The quantitative estimate of drug-likeness (QED) is 0.421. The molecule has 0 aromatic heterocycles. The van der Waals surface area contributed by atoms with Crippen molar-refractivity contribution >= 4 is 5.97 Å². The van der Waals surface area contributed by atoms with E-state index in [0.717, 1.165) is 12.8 Å². The molecule has 0 rings (SSSR count). The summed E-state index contributed by atoms with van der Waals surface area (Å²) in [6.45, 7) is 7.93. The van der Waals surface area contributed by atoms with Crippen molar-refractivity contribution < 1.29 is 9.90 Å². The van der Waals surface area contributed by atoms with Crippen LogP contribution in [0.15, 0.2) is 12.7 Å². The third kappa shape index (κ3) is 7.19. The molecule has 2 heteroatoms. The Morgan fingerprint density at radius 3 is 2.24 bits per heavy atom. The first kappa shape index (κ1) is 16.2. The molecular weight excluding hydrogens is 212 g/mol. The van der Waals surface area contributed by atoms with Crippen LogP contribution in [0.2, 0.25) is 0 Å². The summed E-state index contributed by atoms with van der Waals surface area (Å²) >= 11 is 0. The third-order valence-electron chi connectivity index (χ3n) is 3.47. The maximum Gasteiger partial charge on any atom is 0.307 e. The van der Waals surface area contributed by atoms with Crippen molar-refractivity contribution in [2.24, 2.45) is 11.8 Å². The lowest BCUT2D eigenvalue weighted by atomic mass is 9.86. The molecule has 2 atom stereocenters. The summed E-state index contributed by atoms with van der Waals surface area (Å²) in [7, 11) is 0. The Morgan fingerprint density at radius 1 is 1.18 bits per heavy atom. The molecule has 0 fully saturated rings. The van der Waals surface area contributed by atoms with E-state index in [2.05, 4.69) is 13.5 Å². The number of aliphatic carboxylic acids is 1. The summed E-state index contributed by atoms with van der Waals surface area (Å²) in [6, 6.07) is 0. The van der Waals surface area contributed by atoms with Gasteiger partial charge in [0.25, 0.3) is 0 Å². The van der Waals surface area contributed by atoms with Crippen LogP contribution in [-0.4, -0.2) is 11.1 Å². The van der Waals surface area contributed by atoms with Crippen LogP contribution in [0.4, 0.5) is 0 Å². The summed E-state index contributed by atoms with van der Waals surface area (Å²) in [5.74, 6) is -0.782. The molecule has 0 amide bonds. The van der Waals surface area contributed by atoms with Crippen LogP contribution in [0.25, 0.3) is 0 Å². The second-order valence-corrected chi connectivity index (χ2v) is 4.81. The number of carboxylic acid groups (broad SMARTS) is 1. The predicted molar refractivity (Wildman–Crippen MR) is 73.1 cm³/mol. The van der Waals surface area contributed by atoms with Crippen molar-refractivity contribution in [1.82, 2.24) is 0 Å². The zero-order valence-corrected chi connectivity index (χ0v) is 11.5. The van der Waals surface area contributed by atoms with E-state index in [0.29, 0.717) is 6.42 Å². The van der Waals surface area contributed by atoms with E-state index in [1.165, 1.54) is 32.1 Å². The van der Waals surface area contributed by atoms with Gasteiger partial charge in [0.05, 0.1) is 5.92 Å². The van der Waals surface area contributed by atoms with Crippen LogP contribution < -0.4 is 0 Å². The van der Waals surface area contributed by atoms with Crippen molar-refractivity contribution in [2.75, 3.05) is 0 Å². The Kier molecular flexibility index (Phi) is 9.89. The van der Waals surface area contributed by atoms with Gasteiger partial charge in [-0.3, -0.25) is 4.79 Å². The van der Waals surface area contributed by atoms with E-state index in [1.54, 1.807) is 0 Å². The maximum absolute atomic E-state index is 11.1. The highest BCUT2D eigenvalue weighted by Crippen LogP contribution is 2.23. The molecule has 0 saturated heterocycles. The molecule has 0 heterocycles. The highest BCUT2D eigenvalue weighted by Gasteiger charge is 2.23. The molecular formula is C15H28O2. The fourth-order valence-electron chi connectivity index (χ4n) is 2.30. The van der Waals surface area contributed by atoms with Crippen molar-refractivity contribution in [2.45, 2.75) is 65.2 Å². The van der Waals surface area contributed by atoms with Gasteiger partial charge in [-0.2, -0.15) is 0 Å². The van der Waals surface area contributed by atoms with Gasteiger partial charge < -0.3 is 5.11 Å². The van der Waals surface area contributed by atoms with E-state index in [-0.39, 0.29) is 11.8 Å². The molecule has 0 bridgehead atoms. The summed E-state index contributed by atoms with van der Waals surface area (Å²) in [5, 5.41) is 9.10. The molecule has 17 heavy (non-hydrogen) atoms. The molecule has 0 radical (unpaired) electrons. The van der Waals surface area contributed by atoms with Crippen LogP contribution in [0.3, 0.4) is 0 Å². The normalized spacial score (nSPS) is 14.2. The van der Waals surface area contributed by atoms with Gasteiger partial charge in [0.1, 0.15) is 0 Å². The fraction of sp³-hybridized carbons (Fsp3) is 0.800. The summed E-state index contributed by atoms with van der Waals surface area (Å²) in [6.07, 6.45) is 11.0. The third-order valence-corrected chi connectivity index (χ3v) is 3.47. The van der Waals surface area contributed by atoms with Gasteiger partial charge in [-0.15, -0.1) is 6.58 Å². The standard InChI is InChI=1S/C15H28O2/c1-4-7-8-9-10-11-12-13(5-2)14(6-3)15(16)17/h5,13-14H,2,4,6-12H2,1,3H3,(H,16,17). The Bertz CT molecular complexity index is 211. The highest BCUT2D eigenvalue weighted by molar-refractivity contribution is 5.70. The van der Waals surface area contributed by atoms with Gasteiger partial charge in [-0.1, -0.05) is 58.4 Å². The zero-order chi connectivity index (χ0) is 13.1. The highest BCUT2D eigenvalue weighted by atomic mass is 16.4. The second-order valence-electron chi connectivity index (χ2n) is 4.81. The summed E-state index contributed by atoms with van der Waals surface area (Å²) < 4.78 is 0. The second kappa shape index (κ2) is 10.4. The Morgan fingerprint density at radius 2 is 1.76 bits per heavy atom. The van der Waals surface area contributed by atoms with E-state index in [1.807, 2.05) is 13.0 Å². The first-order chi connectivity index (χ1) is 8.17. The fourth-order valence-corrected chi connectivity index (χ4v) is 2.30. The molecule has 2 nitrogen and oxygen atoms in total. The first-order valence-corrected chi connectivity index (χ1v) is 7.02. The first-order valence-electron chi connectivity index (χ1n) is 7.02. The minimum Gasteiger partial charge on any atom is -0.481 e. The Hall–Kier alpha value is -0.790. The average Bonchev–Trinajstić information content (AvgIpc) is 2.31. The van der Waals surface area contributed by atoms with Crippen LogP contribution in [-0.2, 0) is 4.79 Å². The van der Waals surface area contributed by atoms with Crippen molar-refractivity contribution in [3.63, 3.8) is 0 Å². The maximum atomic E-state index is 11.1. The minimum atomic E-state index is -0.677. The lowest BCUT2D eigenvalue weighted by Gasteiger charge is -2.19. The van der Waals surface area contributed by atoms with Gasteiger partial charge in [0, 0.05) is 0 Å². The van der Waals surface area contributed by atoms with Crippen molar-refractivity contribution in [1.29, 1.82) is 0 Å². The number of carboxylic acids is 1. The average molecular weight is 240 g/mol. The van der Waals surface area contributed by atoms with E-state index >= 15 is 0 Å². The lowest BCUT2D eigenvalue weighted by molar-refractivity contribution is -0.143. The van der Waals surface area contributed by atoms with Gasteiger partial charge in [-0.05, 0) is 18.8 Å². The molecule has 0 aliphatic rings. The summed E-state index contributed by atoms with van der Waals surface area (Å²) in [4.78, 5) is 11.1. The molecule has 0 spiro atoms. The van der Waals surface area contributed by atoms with Gasteiger partial charge in [0.15, 0.2) is 0 Å².